The first-order valence-electron chi connectivity index (χ1n) is 11.0. The van der Waals surface area contributed by atoms with Crippen LogP contribution < -0.4 is 10.5 Å². The summed E-state index contributed by atoms with van der Waals surface area (Å²) in [5.74, 6) is 0.556. The number of hydrogen-bond donors (Lipinski definition) is 0. The fourth-order valence-corrected chi connectivity index (χ4v) is 4.40. The smallest absolute Gasteiger partial charge is 0.263 e. The summed E-state index contributed by atoms with van der Waals surface area (Å²) in [4.78, 5) is 28.0. The van der Waals surface area contributed by atoms with Gasteiger partial charge in [0.1, 0.15) is 17.5 Å². The number of anilines is 1. The third kappa shape index (κ3) is 4.25. The van der Waals surface area contributed by atoms with Gasteiger partial charge in [-0.05, 0) is 30.7 Å². The number of nitrogens with zero attached hydrogens (tertiary/aromatic N) is 5. The van der Waals surface area contributed by atoms with Crippen LogP contribution in [0, 0.1) is 19.3 Å². The Morgan fingerprint density at radius 1 is 1.17 bits per heavy atom. The SMILES string of the molecule is [C-]#[N+]c1ccc([C@H]2CN(c3cc4nc(C)n(C)c(=O)c4c(-c4ccc(Cl)cc4F)n3)CCO2)cc1. The Morgan fingerprint density at radius 2 is 1.94 bits per heavy atom. The molecule has 5 rings (SSSR count). The van der Waals surface area contributed by atoms with Gasteiger partial charge in [0.25, 0.3) is 5.56 Å². The summed E-state index contributed by atoms with van der Waals surface area (Å²) >= 11 is 5.97. The van der Waals surface area contributed by atoms with Crippen molar-refractivity contribution in [3.05, 3.63) is 92.5 Å². The van der Waals surface area contributed by atoms with Gasteiger partial charge in [-0.3, -0.25) is 9.36 Å². The quantitative estimate of drug-likeness (QED) is 0.369. The van der Waals surface area contributed by atoms with Gasteiger partial charge in [0.05, 0.1) is 35.9 Å². The zero-order chi connectivity index (χ0) is 24.7. The zero-order valence-corrected chi connectivity index (χ0v) is 19.9. The highest BCUT2D eigenvalue weighted by atomic mass is 35.5. The molecule has 2 aromatic heterocycles. The maximum Gasteiger partial charge on any atom is 0.263 e. The van der Waals surface area contributed by atoms with E-state index in [1.54, 1.807) is 38.2 Å². The predicted octanol–water partition coefficient (Wildman–Crippen LogP) is 5.23. The summed E-state index contributed by atoms with van der Waals surface area (Å²) in [6.45, 7) is 10.4. The van der Waals surface area contributed by atoms with Crippen LogP contribution in [-0.4, -0.2) is 34.2 Å². The summed E-state index contributed by atoms with van der Waals surface area (Å²) in [6.07, 6.45) is -0.227. The number of aryl methyl sites for hydroxylation is 1. The fraction of sp³-hybridized carbons (Fsp3) is 0.231. The largest absolute Gasteiger partial charge is 0.370 e. The van der Waals surface area contributed by atoms with E-state index in [1.165, 1.54) is 16.7 Å². The maximum atomic E-state index is 15.0. The molecule has 1 atom stereocenters. The molecule has 9 heteroatoms. The molecule has 0 amide bonds. The van der Waals surface area contributed by atoms with Crippen LogP contribution in [0.15, 0.2) is 53.3 Å². The van der Waals surface area contributed by atoms with Crippen molar-refractivity contribution in [1.82, 2.24) is 14.5 Å². The normalized spacial score (nSPS) is 15.9. The van der Waals surface area contributed by atoms with E-state index in [4.69, 9.17) is 27.9 Å². The molecule has 35 heavy (non-hydrogen) atoms. The molecule has 1 aliphatic heterocycles. The number of aromatic nitrogens is 3. The Kier molecular flexibility index (Phi) is 5.97. The minimum Gasteiger partial charge on any atom is -0.370 e. The van der Waals surface area contributed by atoms with Gasteiger partial charge >= 0.3 is 0 Å². The second kappa shape index (κ2) is 9.10. The van der Waals surface area contributed by atoms with E-state index in [0.717, 1.165) is 5.56 Å². The summed E-state index contributed by atoms with van der Waals surface area (Å²) in [7, 11) is 1.63. The Morgan fingerprint density at radius 3 is 2.66 bits per heavy atom. The van der Waals surface area contributed by atoms with Gasteiger partial charge in [-0.1, -0.05) is 35.9 Å². The third-order valence-electron chi connectivity index (χ3n) is 6.24. The van der Waals surface area contributed by atoms with E-state index in [-0.39, 0.29) is 33.3 Å². The number of rotatable bonds is 3. The van der Waals surface area contributed by atoms with Gasteiger partial charge in [0, 0.05) is 36.8 Å². The van der Waals surface area contributed by atoms with Gasteiger partial charge in [-0.15, -0.1) is 0 Å². The van der Waals surface area contributed by atoms with Crippen molar-refractivity contribution >= 4 is 34.0 Å². The first kappa shape index (κ1) is 23.0. The second-order valence-corrected chi connectivity index (χ2v) is 8.82. The number of ether oxygens (including phenoxy) is 1. The highest BCUT2D eigenvalue weighted by Crippen LogP contribution is 2.33. The molecule has 0 aliphatic carbocycles. The molecule has 0 bridgehead atoms. The molecule has 2 aromatic carbocycles. The number of benzene rings is 2. The highest BCUT2D eigenvalue weighted by molar-refractivity contribution is 6.30. The van der Waals surface area contributed by atoms with Crippen LogP contribution in [0.1, 0.15) is 17.5 Å². The Bertz CT molecular complexity index is 1550. The number of fused-ring (bicyclic) bond motifs is 1. The lowest BCUT2D eigenvalue weighted by Crippen LogP contribution is -2.39. The van der Waals surface area contributed by atoms with E-state index < -0.39 is 5.82 Å². The van der Waals surface area contributed by atoms with Gasteiger partial charge < -0.3 is 9.64 Å². The molecule has 0 saturated carbocycles. The first-order valence-corrected chi connectivity index (χ1v) is 11.4. The molecule has 176 valence electrons. The highest BCUT2D eigenvalue weighted by Gasteiger charge is 2.25. The number of pyridine rings is 1. The molecule has 4 aromatic rings. The van der Waals surface area contributed by atoms with E-state index in [9.17, 15) is 9.18 Å². The second-order valence-electron chi connectivity index (χ2n) is 8.38. The topological polar surface area (TPSA) is 64.6 Å². The lowest BCUT2D eigenvalue weighted by atomic mass is 10.1. The molecule has 1 aliphatic rings. The minimum absolute atomic E-state index is 0.184. The zero-order valence-electron chi connectivity index (χ0n) is 19.1. The van der Waals surface area contributed by atoms with Crippen molar-refractivity contribution in [2.24, 2.45) is 7.05 Å². The van der Waals surface area contributed by atoms with E-state index in [0.29, 0.717) is 42.5 Å². The molecular weight excluding hydrogens is 469 g/mol. The summed E-state index contributed by atoms with van der Waals surface area (Å²) in [6, 6.07) is 13.4. The lowest BCUT2D eigenvalue weighted by Gasteiger charge is -2.34. The molecule has 1 fully saturated rings. The first-order chi connectivity index (χ1) is 16.9. The molecule has 0 spiro atoms. The predicted molar refractivity (Wildman–Crippen MR) is 134 cm³/mol. The Labute approximate surface area is 206 Å². The molecule has 7 nitrogen and oxygen atoms in total. The van der Waals surface area contributed by atoms with Gasteiger partial charge in [0.15, 0.2) is 5.69 Å². The van der Waals surface area contributed by atoms with Crippen molar-refractivity contribution < 1.29 is 9.13 Å². The number of morpholine rings is 1. The van der Waals surface area contributed by atoms with E-state index in [2.05, 4.69) is 9.83 Å². The fourth-order valence-electron chi connectivity index (χ4n) is 4.24. The van der Waals surface area contributed by atoms with Crippen molar-refractivity contribution in [2.45, 2.75) is 13.0 Å². The van der Waals surface area contributed by atoms with Crippen molar-refractivity contribution in [2.75, 3.05) is 24.6 Å². The van der Waals surface area contributed by atoms with E-state index >= 15 is 0 Å². The molecular formula is C26H21ClFN5O2. The Hall–Kier alpha value is -3.80. The molecule has 0 N–H and O–H groups in total. The van der Waals surface area contributed by atoms with Gasteiger partial charge in [-0.2, -0.15) is 0 Å². The molecule has 0 radical (unpaired) electrons. The van der Waals surface area contributed by atoms with Crippen molar-refractivity contribution in [3.8, 4) is 11.3 Å². The van der Waals surface area contributed by atoms with Crippen LogP contribution in [0.25, 0.3) is 27.0 Å². The van der Waals surface area contributed by atoms with Crippen LogP contribution >= 0.6 is 11.6 Å². The number of hydrogen-bond acceptors (Lipinski definition) is 5. The lowest BCUT2D eigenvalue weighted by molar-refractivity contribution is 0.0395. The standard InChI is InChI=1S/C26H21ClFN5O2/c1-15-30-21-13-23(33-10-11-35-22(14-33)16-4-7-18(29-2)8-5-16)31-25(24(21)26(34)32(15)3)19-9-6-17(27)12-20(19)28/h4-9,12-13,22H,10-11,14H2,1,3H3/t22-/m1/s1. The van der Waals surface area contributed by atoms with Crippen molar-refractivity contribution in [1.29, 1.82) is 0 Å². The monoisotopic (exact) mass is 489 g/mol. The van der Waals surface area contributed by atoms with Crippen LogP contribution in [-0.2, 0) is 11.8 Å². The van der Waals surface area contributed by atoms with E-state index in [1.807, 2.05) is 17.0 Å². The summed E-state index contributed by atoms with van der Waals surface area (Å²) in [5.41, 5.74) is 2.08. The average Bonchev–Trinajstić information content (AvgIpc) is 2.87. The third-order valence-corrected chi connectivity index (χ3v) is 6.48. The molecule has 0 unspecified atom stereocenters. The van der Waals surface area contributed by atoms with Crippen LogP contribution in [0.4, 0.5) is 15.9 Å². The maximum absolute atomic E-state index is 15.0. The minimum atomic E-state index is -0.564. The summed E-state index contributed by atoms with van der Waals surface area (Å²) in [5, 5.41) is 0.511. The van der Waals surface area contributed by atoms with Crippen LogP contribution in [0.2, 0.25) is 5.02 Å². The van der Waals surface area contributed by atoms with Gasteiger partial charge in [-0.25, -0.2) is 19.2 Å². The molecule has 3 heterocycles. The van der Waals surface area contributed by atoms with Crippen LogP contribution in [0.3, 0.4) is 0 Å². The molecule has 1 saturated heterocycles. The average molecular weight is 490 g/mol. The van der Waals surface area contributed by atoms with Crippen molar-refractivity contribution in [3.63, 3.8) is 0 Å². The van der Waals surface area contributed by atoms with Gasteiger partial charge in [0.2, 0.25) is 0 Å². The summed E-state index contributed by atoms with van der Waals surface area (Å²) < 4.78 is 22.4. The Balaban J connectivity index is 1.63. The van der Waals surface area contributed by atoms with Crippen LogP contribution in [0.5, 0.6) is 0 Å². The number of halogens is 2.